The van der Waals surface area contributed by atoms with Gasteiger partial charge in [-0.15, -0.1) is 0 Å². The number of hydrogen-bond acceptors (Lipinski definition) is 2. The minimum Gasteiger partial charge on any atom is -0.355 e. The predicted octanol–water partition coefficient (Wildman–Crippen LogP) is 4.37. The number of nitrogens with zero attached hydrogens (tertiary/aromatic N) is 1. The number of nitrogens with one attached hydrogen (secondary N) is 1. The summed E-state index contributed by atoms with van der Waals surface area (Å²) < 4.78 is 0. The standard InChI is InChI=1S/C25H32N2O/c1-19(28)26-18-25(21-9-5-3-6-10-21,22-11-7-4-8-12-22)17-20-15-23-13-14-24(16-20)27(23)2/h3-12,20,23-24H,13-18H2,1-2H3,(H,26,28)/t20-,23+,24-. The fraction of sp³-hybridized carbons (Fsp3) is 0.480. The zero-order valence-corrected chi connectivity index (χ0v) is 17.1. The van der Waals surface area contributed by atoms with Crippen LogP contribution < -0.4 is 5.32 Å². The Morgan fingerprint density at radius 3 is 1.93 bits per heavy atom. The SMILES string of the molecule is CC(=O)NCC(C[C@H]1C[C@H]2CC[C@@H](C1)N2C)(c1ccccc1)c1ccccc1. The van der Waals surface area contributed by atoms with Gasteiger partial charge in [0.05, 0.1) is 0 Å². The fourth-order valence-corrected chi connectivity index (χ4v) is 5.65. The lowest BCUT2D eigenvalue weighted by Gasteiger charge is -2.43. The smallest absolute Gasteiger partial charge is 0.216 e. The van der Waals surface area contributed by atoms with Gasteiger partial charge in [-0.3, -0.25) is 4.79 Å². The largest absolute Gasteiger partial charge is 0.355 e. The highest BCUT2D eigenvalue weighted by atomic mass is 16.1. The van der Waals surface area contributed by atoms with E-state index < -0.39 is 0 Å². The van der Waals surface area contributed by atoms with Crippen molar-refractivity contribution in [1.82, 2.24) is 10.2 Å². The van der Waals surface area contributed by atoms with Gasteiger partial charge < -0.3 is 10.2 Å². The summed E-state index contributed by atoms with van der Waals surface area (Å²) in [5.74, 6) is 0.725. The van der Waals surface area contributed by atoms with Crippen LogP contribution in [0.5, 0.6) is 0 Å². The molecule has 2 saturated heterocycles. The molecule has 3 heteroatoms. The van der Waals surface area contributed by atoms with Gasteiger partial charge in [0.15, 0.2) is 0 Å². The van der Waals surface area contributed by atoms with E-state index in [9.17, 15) is 4.79 Å². The third kappa shape index (κ3) is 3.73. The molecular formula is C25H32N2O. The molecule has 1 amide bonds. The molecule has 0 aromatic heterocycles. The van der Waals surface area contributed by atoms with Crippen molar-refractivity contribution >= 4 is 5.91 Å². The molecule has 28 heavy (non-hydrogen) atoms. The normalized spacial score (nSPS) is 24.9. The minimum absolute atomic E-state index is 0.0414. The average molecular weight is 377 g/mol. The number of benzene rings is 2. The number of rotatable bonds is 6. The molecule has 2 aliphatic heterocycles. The van der Waals surface area contributed by atoms with Crippen molar-refractivity contribution in [3.8, 4) is 0 Å². The van der Waals surface area contributed by atoms with Crippen molar-refractivity contribution in [2.75, 3.05) is 13.6 Å². The maximum atomic E-state index is 11.9. The van der Waals surface area contributed by atoms with Crippen LogP contribution in [-0.4, -0.2) is 36.5 Å². The molecule has 2 aliphatic rings. The molecule has 148 valence electrons. The Hall–Kier alpha value is -2.13. The van der Waals surface area contributed by atoms with Crippen molar-refractivity contribution in [3.05, 3.63) is 71.8 Å². The summed E-state index contributed by atoms with van der Waals surface area (Å²) in [5, 5.41) is 3.17. The average Bonchev–Trinajstić information content (AvgIpc) is 2.93. The van der Waals surface area contributed by atoms with E-state index in [1.54, 1.807) is 6.92 Å². The molecule has 2 aromatic carbocycles. The first-order valence-corrected chi connectivity index (χ1v) is 10.7. The predicted molar refractivity (Wildman–Crippen MR) is 114 cm³/mol. The molecular weight excluding hydrogens is 344 g/mol. The first kappa shape index (κ1) is 19.2. The fourth-order valence-electron chi connectivity index (χ4n) is 5.65. The highest BCUT2D eigenvalue weighted by Crippen LogP contribution is 2.45. The van der Waals surface area contributed by atoms with Gasteiger partial charge in [-0.05, 0) is 56.2 Å². The number of fused-ring (bicyclic) bond motifs is 2. The van der Waals surface area contributed by atoms with E-state index in [-0.39, 0.29) is 11.3 Å². The maximum absolute atomic E-state index is 11.9. The van der Waals surface area contributed by atoms with E-state index in [0.717, 1.165) is 18.5 Å². The van der Waals surface area contributed by atoms with E-state index in [0.29, 0.717) is 12.5 Å². The van der Waals surface area contributed by atoms with Crippen LogP contribution in [0.4, 0.5) is 0 Å². The number of carbonyl (C=O) groups is 1. The van der Waals surface area contributed by atoms with Crippen LogP contribution in [0.3, 0.4) is 0 Å². The second-order valence-corrected chi connectivity index (χ2v) is 8.82. The summed E-state index contributed by atoms with van der Waals surface area (Å²) in [6.07, 6.45) is 6.31. The Labute approximate surface area is 169 Å². The monoisotopic (exact) mass is 376 g/mol. The molecule has 0 radical (unpaired) electrons. The molecule has 0 unspecified atom stereocenters. The Morgan fingerprint density at radius 2 is 1.46 bits per heavy atom. The molecule has 2 aromatic rings. The first-order chi connectivity index (χ1) is 13.6. The van der Waals surface area contributed by atoms with E-state index >= 15 is 0 Å². The van der Waals surface area contributed by atoms with Crippen LogP contribution >= 0.6 is 0 Å². The lowest BCUT2D eigenvalue weighted by Crippen LogP contribution is -2.46. The van der Waals surface area contributed by atoms with E-state index in [4.69, 9.17) is 0 Å². The van der Waals surface area contributed by atoms with Crippen molar-refractivity contribution in [1.29, 1.82) is 0 Å². The first-order valence-electron chi connectivity index (χ1n) is 10.7. The number of piperidine rings is 1. The van der Waals surface area contributed by atoms with Crippen LogP contribution in [0.15, 0.2) is 60.7 Å². The summed E-state index contributed by atoms with van der Waals surface area (Å²) >= 11 is 0. The number of carbonyl (C=O) groups excluding carboxylic acids is 1. The third-order valence-corrected chi connectivity index (χ3v) is 7.12. The molecule has 4 rings (SSSR count). The van der Waals surface area contributed by atoms with Gasteiger partial charge in [0.25, 0.3) is 0 Å². The van der Waals surface area contributed by atoms with Gasteiger partial charge >= 0.3 is 0 Å². The quantitative estimate of drug-likeness (QED) is 0.812. The topological polar surface area (TPSA) is 32.3 Å². The zero-order chi connectivity index (χ0) is 19.6. The second-order valence-electron chi connectivity index (χ2n) is 8.82. The van der Waals surface area contributed by atoms with Crippen LogP contribution in [0.1, 0.15) is 50.2 Å². The van der Waals surface area contributed by atoms with Crippen LogP contribution in [0.25, 0.3) is 0 Å². The Balaban J connectivity index is 1.72. The van der Waals surface area contributed by atoms with Crippen LogP contribution in [0.2, 0.25) is 0 Å². The lowest BCUT2D eigenvalue weighted by atomic mass is 9.67. The molecule has 3 nitrogen and oxygen atoms in total. The van der Waals surface area contributed by atoms with Gasteiger partial charge in [0.2, 0.25) is 5.91 Å². The van der Waals surface area contributed by atoms with E-state index in [2.05, 4.69) is 77.9 Å². The van der Waals surface area contributed by atoms with Crippen LogP contribution in [-0.2, 0) is 10.2 Å². The molecule has 0 spiro atoms. The van der Waals surface area contributed by atoms with Crippen molar-refractivity contribution in [3.63, 3.8) is 0 Å². The number of amides is 1. The summed E-state index contributed by atoms with van der Waals surface area (Å²) in [7, 11) is 2.30. The summed E-state index contributed by atoms with van der Waals surface area (Å²) in [6, 6.07) is 23.0. The number of hydrogen-bond donors (Lipinski definition) is 1. The van der Waals surface area contributed by atoms with Crippen molar-refractivity contribution in [2.24, 2.45) is 5.92 Å². The van der Waals surface area contributed by atoms with E-state index in [1.165, 1.54) is 36.8 Å². The molecule has 3 atom stereocenters. The maximum Gasteiger partial charge on any atom is 0.216 e. The highest BCUT2D eigenvalue weighted by molar-refractivity contribution is 5.73. The summed E-state index contributed by atoms with van der Waals surface area (Å²) in [4.78, 5) is 14.5. The zero-order valence-electron chi connectivity index (χ0n) is 17.1. The van der Waals surface area contributed by atoms with Gasteiger partial charge in [0.1, 0.15) is 0 Å². The minimum atomic E-state index is -0.186. The summed E-state index contributed by atoms with van der Waals surface area (Å²) in [6.45, 7) is 2.27. The summed E-state index contributed by atoms with van der Waals surface area (Å²) in [5.41, 5.74) is 2.43. The third-order valence-electron chi connectivity index (χ3n) is 7.12. The van der Waals surface area contributed by atoms with Gasteiger partial charge in [-0.1, -0.05) is 60.7 Å². The Kier molecular flexibility index (Phi) is 5.54. The van der Waals surface area contributed by atoms with Crippen molar-refractivity contribution < 1.29 is 4.79 Å². The second kappa shape index (κ2) is 8.08. The van der Waals surface area contributed by atoms with Gasteiger partial charge in [0, 0.05) is 31.0 Å². The highest BCUT2D eigenvalue weighted by Gasteiger charge is 2.43. The molecule has 2 fully saturated rings. The molecule has 1 N–H and O–H groups in total. The molecule has 2 bridgehead atoms. The van der Waals surface area contributed by atoms with E-state index in [1.807, 2.05) is 0 Å². The Morgan fingerprint density at radius 1 is 0.964 bits per heavy atom. The molecule has 0 saturated carbocycles. The van der Waals surface area contributed by atoms with Gasteiger partial charge in [-0.2, -0.15) is 0 Å². The van der Waals surface area contributed by atoms with Gasteiger partial charge in [-0.25, -0.2) is 0 Å². The molecule has 0 aliphatic carbocycles. The van der Waals surface area contributed by atoms with Crippen LogP contribution in [0, 0.1) is 5.92 Å². The lowest BCUT2D eigenvalue weighted by molar-refractivity contribution is -0.119. The molecule has 2 heterocycles. The Bertz CT molecular complexity index is 735. The van der Waals surface area contributed by atoms with Crippen molar-refractivity contribution in [2.45, 2.75) is 56.5 Å².